The average molecular weight is 265 g/mol. The van der Waals surface area contributed by atoms with Crippen LogP contribution in [0.15, 0.2) is 12.1 Å². The highest BCUT2D eigenvalue weighted by Gasteiger charge is 2.17. The van der Waals surface area contributed by atoms with Crippen molar-refractivity contribution in [3.63, 3.8) is 0 Å². The number of hydrogen-bond donors (Lipinski definition) is 1. The van der Waals surface area contributed by atoms with Crippen LogP contribution in [0.25, 0.3) is 0 Å². The third kappa shape index (κ3) is 3.81. The highest BCUT2D eigenvalue weighted by molar-refractivity contribution is 7.39. The second-order valence-electron chi connectivity index (χ2n) is 4.89. The van der Waals surface area contributed by atoms with E-state index < -0.39 is 0 Å². The number of carbonyl (C=O) groups is 1. The maximum atomic E-state index is 12.2. The molecule has 1 amide bonds. The Balaban J connectivity index is 2.87. The zero-order chi connectivity index (χ0) is 13.7. The van der Waals surface area contributed by atoms with Crippen molar-refractivity contribution >= 4 is 20.2 Å². The van der Waals surface area contributed by atoms with Gasteiger partial charge in [0.05, 0.1) is 5.66 Å². The first-order chi connectivity index (χ1) is 8.49. The molecule has 2 atom stereocenters. The Morgan fingerprint density at radius 3 is 2.28 bits per heavy atom. The average Bonchev–Trinajstić information content (AvgIpc) is 2.30. The highest BCUT2D eigenvalue weighted by atomic mass is 31.1. The minimum absolute atomic E-state index is 0.162. The van der Waals surface area contributed by atoms with Gasteiger partial charge in [0.2, 0.25) is 5.91 Å². The lowest BCUT2D eigenvalue weighted by atomic mass is 10.0. The number of benzene rings is 1. The second-order valence-corrected chi connectivity index (χ2v) is 6.17. The van der Waals surface area contributed by atoms with Gasteiger partial charge in [0, 0.05) is 5.69 Å². The number of hydrogen-bond acceptors (Lipinski definition) is 1. The quantitative estimate of drug-likeness (QED) is 0.800. The lowest BCUT2D eigenvalue weighted by Gasteiger charge is -2.17. The van der Waals surface area contributed by atoms with Gasteiger partial charge in [-0.25, -0.2) is 0 Å². The summed E-state index contributed by atoms with van der Waals surface area (Å²) in [4.78, 5) is 12.2. The van der Waals surface area contributed by atoms with Crippen LogP contribution in [0.5, 0.6) is 0 Å². The van der Waals surface area contributed by atoms with Crippen molar-refractivity contribution in [1.29, 1.82) is 0 Å². The molecule has 1 aromatic rings. The summed E-state index contributed by atoms with van der Waals surface area (Å²) in [6.07, 6.45) is 2.04. The van der Waals surface area contributed by atoms with Crippen LogP contribution in [0.2, 0.25) is 0 Å². The van der Waals surface area contributed by atoms with Crippen molar-refractivity contribution in [3.05, 3.63) is 28.8 Å². The van der Waals surface area contributed by atoms with E-state index in [2.05, 4.69) is 51.8 Å². The lowest BCUT2D eigenvalue weighted by Crippen LogP contribution is -2.24. The van der Waals surface area contributed by atoms with E-state index in [4.69, 9.17) is 0 Å². The number of aryl methyl sites for hydroxylation is 3. The van der Waals surface area contributed by atoms with Crippen molar-refractivity contribution in [2.45, 2.75) is 46.2 Å². The highest BCUT2D eigenvalue weighted by Crippen LogP contribution is 2.25. The van der Waals surface area contributed by atoms with Crippen LogP contribution >= 0.6 is 8.58 Å². The van der Waals surface area contributed by atoms with Gasteiger partial charge in [-0.3, -0.25) is 4.79 Å². The van der Waals surface area contributed by atoms with E-state index >= 15 is 0 Å². The molecule has 0 fully saturated rings. The maximum absolute atomic E-state index is 12.2. The molecule has 0 bridgehead atoms. The van der Waals surface area contributed by atoms with Gasteiger partial charge < -0.3 is 5.32 Å². The van der Waals surface area contributed by atoms with Crippen LogP contribution in [0.3, 0.4) is 0 Å². The molecule has 18 heavy (non-hydrogen) atoms. The molecule has 0 saturated heterocycles. The Morgan fingerprint density at radius 2 is 1.83 bits per heavy atom. The maximum Gasteiger partial charge on any atom is 0.231 e. The minimum atomic E-state index is 0.162. The van der Waals surface area contributed by atoms with Crippen LogP contribution in [0.4, 0.5) is 5.69 Å². The molecule has 0 aromatic heterocycles. The van der Waals surface area contributed by atoms with Gasteiger partial charge in [-0.1, -0.05) is 31.0 Å². The van der Waals surface area contributed by atoms with E-state index in [1.165, 1.54) is 5.56 Å². The molecule has 0 heterocycles. The van der Waals surface area contributed by atoms with Gasteiger partial charge in [-0.05, 0) is 45.0 Å². The van der Waals surface area contributed by atoms with Crippen molar-refractivity contribution in [1.82, 2.24) is 0 Å². The van der Waals surface area contributed by atoms with Crippen LogP contribution < -0.4 is 5.32 Å². The van der Waals surface area contributed by atoms with Gasteiger partial charge in [-0.15, -0.1) is 8.58 Å². The fourth-order valence-electron chi connectivity index (χ4n) is 2.28. The monoisotopic (exact) mass is 265 g/mol. The third-order valence-corrected chi connectivity index (χ3v) is 4.42. The van der Waals surface area contributed by atoms with Crippen molar-refractivity contribution in [2.24, 2.45) is 0 Å². The van der Waals surface area contributed by atoms with Gasteiger partial charge in [0.1, 0.15) is 0 Å². The molecule has 2 unspecified atom stereocenters. The van der Waals surface area contributed by atoms with Crippen LogP contribution in [-0.2, 0) is 4.79 Å². The number of carbonyl (C=O) groups excluding carboxylic acids is 1. The minimum Gasteiger partial charge on any atom is -0.325 e. The molecule has 100 valence electrons. The fraction of sp³-hybridized carbons (Fsp3) is 0.533. The number of amides is 1. The van der Waals surface area contributed by atoms with E-state index in [0.717, 1.165) is 29.7 Å². The first kappa shape index (κ1) is 15.2. The van der Waals surface area contributed by atoms with Crippen molar-refractivity contribution in [2.75, 3.05) is 12.0 Å². The first-order valence-electron chi connectivity index (χ1n) is 6.55. The molecule has 0 radical (unpaired) electrons. The summed E-state index contributed by atoms with van der Waals surface area (Å²) < 4.78 is 0. The summed E-state index contributed by atoms with van der Waals surface area (Å²) in [5.41, 5.74) is 4.69. The molecule has 0 saturated carbocycles. The second kappa shape index (κ2) is 6.89. The smallest absolute Gasteiger partial charge is 0.231 e. The standard InChI is InChI=1S/C15H24NOP/c1-6-7-13(18-5)15(17)16-14-11(3)8-10(2)9-12(14)4/h8-9,13,18H,6-7H2,1-5H3,(H,16,17). The molecule has 0 spiro atoms. The Bertz CT molecular complexity index is 405. The van der Waals surface area contributed by atoms with E-state index in [1.54, 1.807) is 0 Å². The topological polar surface area (TPSA) is 29.1 Å². The van der Waals surface area contributed by atoms with E-state index in [9.17, 15) is 4.79 Å². The third-order valence-electron chi connectivity index (χ3n) is 3.17. The Hall–Kier alpha value is -0.880. The molecule has 1 N–H and O–H groups in total. The van der Waals surface area contributed by atoms with E-state index in [1.807, 2.05) is 0 Å². The van der Waals surface area contributed by atoms with Gasteiger partial charge in [-0.2, -0.15) is 0 Å². The molecular weight excluding hydrogens is 241 g/mol. The Morgan fingerprint density at radius 1 is 1.28 bits per heavy atom. The molecule has 0 aliphatic rings. The van der Waals surface area contributed by atoms with Crippen molar-refractivity contribution in [3.8, 4) is 0 Å². The predicted molar refractivity (Wildman–Crippen MR) is 82.2 cm³/mol. The Labute approximate surface area is 112 Å². The number of nitrogens with one attached hydrogen (secondary N) is 1. The van der Waals surface area contributed by atoms with Crippen LogP contribution in [0, 0.1) is 20.8 Å². The van der Waals surface area contributed by atoms with Gasteiger partial charge in [0.25, 0.3) is 0 Å². The molecule has 3 heteroatoms. The summed E-state index contributed by atoms with van der Waals surface area (Å²) in [6.45, 7) is 10.4. The molecular formula is C15H24NOP. The van der Waals surface area contributed by atoms with E-state index in [-0.39, 0.29) is 11.6 Å². The Kier molecular flexibility index (Phi) is 5.81. The van der Waals surface area contributed by atoms with Crippen molar-refractivity contribution < 1.29 is 4.79 Å². The zero-order valence-electron chi connectivity index (χ0n) is 12.1. The summed E-state index contributed by atoms with van der Waals surface area (Å²) in [5.74, 6) is 0.174. The number of rotatable bonds is 5. The van der Waals surface area contributed by atoms with E-state index in [0.29, 0.717) is 8.58 Å². The zero-order valence-corrected chi connectivity index (χ0v) is 13.1. The summed E-state index contributed by atoms with van der Waals surface area (Å²) >= 11 is 0. The van der Waals surface area contributed by atoms with Gasteiger partial charge >= 0.3 is 0 Å². The first-order valence-corrected chi connectivity index (χ1v) is 8.13. The molecule has 0 aliphatic carbocycles. The van der Waals surface area contributed by atoms with Gasteiger partial charge in [0.15, 0.2) is 0 Å². The predicted octanol–water partition coefficient (Wildman–Crippen LogP) is 4.03. The fourth-order valence-corrected chi connectivity index (χ4v) is 3.19. The van der Waals surface area contributed by atoms with Crippen LogP contribution in [-0.4, -0.2) is 18.2 Å². The normalized spacial score (nSPS) is 12.9. The molecule has 1 aromatic carbocycles. The molecule has 0 aliphatic heterocycles. The SMILES string of the molecule is CCCC(PC)C(=O)Nc1c(C)cc(C)cc1C. The lowest BCUT2D eigenvalue weighted by molar-refractivity contribution is -0.115. The summed E-state index contributed by atoms with van der Waals surface area (Å²) in [6, 6.07) is 4.23. The molecule has 2 nitrogen and oxygen atoms in total. The largest absolute Gasteiger partial charge is 0.325 e. The molecule has 1 rings (SSSR count). The summed E-state index contributed by atoms with van der Waals surface area (Å²) in [5, 5.41) is 3.11. The number of anilines is 1. The van der Waals surface area contributed by atoms with Crippen LogP contribution in [0.1, 0.15) is 36.5 Å². The summed E-state index contributed by atoms with van der Waals surface area (Å²) in [7, 11) is 0.667.